The summed E-state index contributed by atoms with van der Waals surface area (Å²) in [6.07, 6.45) is 2.36. The Morgan fingerprint density at radius 3 is 2.16 bits per heavy atom. The highest BCUT2D eigenvalue weighted by Gasteiger charge is 2.35. The molecule has 12 heteroatoms. The van der Waals surface area contributed by atoms with Crippen LogP contribution in [0, 0.1) is 13.8 Å². The molecule has 0 spiro atoms. The van der Waals surface area contributed by atoms with Gasteiger partial charge in [0.15, 0.2) is 27.2 Å². The van der Waals surface area contributed by atoms with Gasteiger partial charge < -0.3 is 18.6 Å². The van der Waals surface area contributed by atoms with Gasteiger partial charge in [0, 0.05) is 19.5 Å². The Hall–Kier alpha value is -3.77. The summed E-state index contributed by atoms with van der Waals surface area (Å²) in [6.45, 7) is 5.22. The summed E-state index contributed by atoms with van der Waals surface area (Å²) in [4.78, 5) is 8.54. The minimum atomic E-state index is -3.86. The molecule has 0 aliphatic carbocycles. The molecule has 3 heterocycles. The fraction of sp³-hybridized carbons (Fsp3) is 0.360. The maximum atomic E-state index is 13.7. The second kappa shape index (κ2) is 10.7. The first-order valence-corrected chi connectivity index (χ1v) is 13.2. The van der Waals surface area contributed by atoms with Crippen LogP contribution in [0.2, 0.25) is 0 Å². The smallest absolute Gasteiger partial charge is 0.204 e. The van der Waals surface area contributed by atoms with Crippen molar-refractivity contribution < 1.29 is 27.0 Å². The molecule has 0 aliphatic heterocycles. The van der Waals surface area contributed by atoms with Crippen LogP contribution >= 0.6 is 0 Å². The molecular formula is C25H29N5O6S. The number of rotatable bonds is 10. The summed E-state index contributed by atoms with van der Waals surface area (Å²) in [6, 6.07) is 8.79. The Bertz CT molecular complexity index is 1460. The first-order chi connectivity index (χ1) is 17.7. The van der Waals surface area contributed by atoms with Crippen molar-refractivity contribution in [1.29, 1.82) is 0 Å². The van der Waals surface area contributed by atoms with Crippen LogP contribution in [0.15, 0.2) is 47.1 Å². The topological polar surface area (TPSA) is 131 Å². The Morgan fingerprint density at radius 1 is 0.973 bits per heavy atom. The predicted molar refractivity (Wildman–Crippen MR) is 136 cm³/mol. The van der Waals surface area contributed by atoms with Gasteiger partial charge in [-0.05, 0) is 50.6 Å². The average Bonchev–Trinajstić information content (AvgIpc) is 3.50. The van der Waals surface area contributed by atoms with E-state index in [9.17, 15) is 8.42 Å². The lowest BCUT2D eigenvalue weighted by atomic mass is 10.2. The molecule has 0 unspecified atom stereocenters. The molecule has 196 valence electrons. The lowest BCUT2D eigenvalue weighted by Crippen LogP contribution is -2.30. The van der Waals surface area contributed by atoms with Gasteiger partial charge in [-0.1, -0.05) is 6.07 Å². The molecule has 0 bridgehead atoms. The van der Waals surface area contributed by atoms with E-state index in [0.29, 0.717) is 34.5 Å². The number of aromatic nitrogens is 5. The molecule has 2 atom stereocenters. The van der Waals surface area contributed by atoms with E-state index in [4.69, 9.17) is 18.6 Å². The number of sulfone groups is 1. The molecule has 3 aromatic heterocycles. The number of hydrogen-bond acceptors (Lipinski definition) is 10. The van der Waals surface area contributed by atoms with E-state index in [2.05, 4.69) is 20.2 Å². The van der Waals surface area contributed by atoms with Crippen molar-refractivity contribution in [3.05, 3.63) is 65.7 Å². The van der Waals surface area contributed by atoms with E-state index in [1.807, 2.05) is 6.92 Å². The molecule has 1 aromatic carbocycles. The minimum Gasteiger partial charge on any atom is -0.494 e. The van der Waals surface area contributed by atoms with Gasteiger partial charge in [0.25, 0.3) is 0 Å². The fourth-order valence-corrected chi connectivity index (χ4v) is 5.39. The standard InChI is InChI=1S/C25H29N5O6S/c1-15-12-26-24(27-13-15)23(35-6)17(3)37(31,32)14-21-28-29-25(20-11-10-16(2)36-20)30(21)22-18(33-4)8-7-9-19(22)34-5/h7-13,17,23H,14H2,1-6H3/t17-,23+/m1/s1. The zero-order valence-corrected chi connectivity index (χ0v) is 22.3. The summed E-state index contributed by atoms with van der Waals surface area (Å²) >= 11 is 0. The van der Waals surface area contributed by atoms with Crippen LogP contribution in [0.4, 0.5) is 0 Å². The van der Waals surface area contributed by atoms with E-state index in [1.54, 1.807) is 61.1 Å². The second-order valence-corrected chi connectivity index (χ2v) is 10.8. The third-order valence-electron chi connectivity index (χ3n) is 5.95. The van der Waals surface area contributed by atoms with Crippen molar-refractivity contribution in [1.82, 2.24) is 24.7 Å². The Morgan fingerprint density at radius 2 is 1.62 bits per heavy atom. The normalized spacial score (nSPS) is 13.4. The highest BCUT2D eigenvalue weighted by molar-refractivity contribution is 7.91. The zero-order valence-electron chi connectivity index (χ0n) is 21.5. The van der Waals surface area contributed by atoms with E-state index >= 15 is 0 Å². The van der Waals surface area contributed by atoms with Gasteiger partial charge in [0.1, 0.15) is 34.8 Å². The highest BCUT2D eigenvalue weighted by atomic mass is 32.2. The molecule has 0 saturated carbocycles. The summed E-state index contributed by atoms with van der Waals surface area (Å²) in [7, 11) is 0.606. The monoisotopic (exact) mass is 527 g/mol. The fourth-order valence-electron chi connectivity index (χ4n) is 3.97. The number of aryl methyl sites for hydroxylation is 2. The van der Waals surface area contributed by atoms with Gasteiger partial charge in [-0.15, -0.1) is 10.2 Å². The summed E-state index contributed by atoms with van der Waals surface area (Å²) in [5.41, 5.74) is 1.30. The summed E-state index contributed by atoms with van der Waals surface area (Å²) < 4.78 is 51.5. The third-order valence-corrected chi connectivity index (χ3v) is 7.99. The van der Waals surface area contributed by atoms with Gasteiger partial charge >= 0.3 is 0 Å². The maximum Gasteiger partial charge on any atom is 0.204 e. The van der Waals surface area contributed by atoms with E-state index in [0.717, 1.165) is 5.56 Å². The van der Waals surface area contributed by atoms with Crippen molar-refractivity contribution in [2.24, 2.45) is 0 Å². The number of furan rings is 1. The lowest BCUT2D eigenvalue weighted by molar-refractivity contribution is 0.0947. The van der Waals surface area contributed by atoms with Crippen LogP contribution in [0.3, 0.4) is 0 Å². The maximum absolute atomic E-state index is 13.7. The lowest BCUT2D eigenvalue weighted by Gasteiger charge is -2.22. The Kier molecular flexibility index (Phi) is 7.60. The molecule has 4 aromatic rings. The summed E-state index contributed by atoms with van der Waals surface area (Å²) in [5, 5.41) is 7.56. The van der Waals surface area contributed by atoms with Crippen LogP contribution in [-0.4, -0.2) is 59.7 Å². The molecule has 4 rings (SSSR count). The minimum absolute atomic E-state index is 0.151. The zero-order chi connectivity index (χ0) is 26.7. The molecule has 0 amide bonds. The molecule has 0 saturated heterocycles. The molecule has 0 radical (unpaired) electrons. The van der Waals surface area contributed by atoms with E-state index in [-0.39, 0.29) is 11.6 Å². The van der Waals surface area contributed by atoms with Crippen molar-refractivity contribution in [3.63, 3.8) is 0 Å². The van der Waals surface area contributed by atoms with Gasteiger partial charge in [-0.3, -0.25) is 4.57 Å². The van der Waals surface area contributed by atoms with Gasteiger partial charge in [0.2, 0.25) is 5.82 Å². The van der Waals surface area contributed by atoms with Crippen molar-refractivity contribution in [2.45, 2.75) is 37.9 Å². The SMILES string of the molecule is COc1cccc(OC)c1-n1c(CS(=O)(=O)[C@H](C)[C@H](OC)c2ncc(C)cn2)nnc1-c1ccc(C)o1. The molecule has 0 aliphatic rings. The Labute approximate surface area is 215 Å². The number of para-hydroxylation sites is 1. The van der Waals surface area contributed by atoms with Crippen molar-refractivity contribution >= 4 is 9.84 Å². The van der Waals surface area contributed by atoms with Crippen molar-refractivity contribution in [3.8, 4) is 28.8 Å². The van der Waals surface area contributed by atoms with Crippen LogP contribution in [0.5, 0.6) is 11.5 Å². The number of benzene rings is 1. The van der Waals surface area contributed by atoms with E-state index < -0.39 is 26.9 Å². The number of ether oxygens (including phenoxy) is 3. The predicted octanol–water partition coefficient (Wildman–Crippen LogP) is 3.64. The van der Waals surface area contributed by atoms with Gasteiger partial charge in [-0.25, -0.2) is 18.4 Å². The first kappa shape index (κ1) is 26.3. The van der Waals surface area contributed by atoms with E-state index in [1.165, 1.54) is 21.3 Å². The van der Waals surface area contributed by atoms with Crippen LogP contribution in [-0.2, 0) is 20.3 Å². The average molecular weight is 528 g/mol. The number of methoxy groups -OCH3 is 3. The summed E-state index contributed by atoms with van der Waals surface area (Å²) in [5.74, 6) is 2.25. The van der Waals surface area contributed by atoms with Crippen LogP contribution < -0.4 is 9.47 Å². The molecule has 11 nitrogen and oxygen atoms in total. The molecule has 0 fully saturated rings. The van der Waals surface area contributed by atoms with Crippen molar-refractivity contribution in [2.75, 3.05) is 21.3 Å². The van der Waals surface area contributed by atoms with Gasteiger partial charge in [-0.2, -0.15) is 0 Å². The Balaban J connectivity index is 1.82. The second-order valence-electron chi connectivity index (χ2n) is 8.48. The first-order valence-electron chi connectivity index (χ1n) is 11.5. The number of nitrogens with zero attached hydrogens (tertiary/aromatic N) is 5. The highest BCUT2D eigenvalue weighted by Crippen LogP contribution is 2.37. The largest absolute Gasteiger partial charge is 0.494 e. The molecular weight excluding hydrogens is 498 g/mol. The third kappa shape index (κ3) is 5.20. The van der Waals surface area contributed by atoms with Crippen LogP contribution in [0.25, 0.3) is 17.3 Å². The molecule has 0 N–H and O–H groups in total. The molecule has 37 heavy (non-hydrogen) atoms. The van der Waals surface area contributed by atoms with Crippen LogP contribution in [0.1, 0.15) is 36.0 Å². The number of hydrogen-bond donors (Lipinski definition) is 0. The quantitative estimate of drug-likeness (QED) is 0.301. The van der Waals surface area contributed by atoms with Gasteiger partial charge in [0.05, 0.1) is 19.5 Å².